The fourth-order valence-electron chi connectivity index (χ4n) is 1.94. The van der Waals surface area contributed by atoms with Gasteiger partial charge in [-0.25, -0.2) is 0 Å². The van der Waals surface area contributed by atoms with E-state index in [9.17, 15) is 0 Å². The lowest BCUT2D eigenvalue weighted by molar-refractivity contribution is -0.0995. The molecule has 22 heavy (non-hydrogen) atoms. The van der Waals surface area contributed by atoms with Crippen LogP contribution in [0.15, 0.2) is 0 Å². The summed E-state index contributed by atoms with van der Waals surface area (Å²) < 4.78 is 17.0. The van der Waals surface area contributed by atoms with Gasteiger partial charge in [0.05, 0.1) is 3.92 Å². The Balaban J connectivity index is 4.15. The standard InChI is InChI=1S/C16H30I2O3Si/c1-19-15(11-12-22(4,5)6)13(17)9-7-8-10-14(18)16(20-2)21-3/h13-16H,7-10H2,1-6H3/t13-,14?,15+/m1/s1. The third-order valence-electron chi connectivity index (χ3n) is 3.14. The summed E-state index contributed by atoms with van der Waals surface area (Å²) in [6.07, 6.45) is 4.54. The smallest absolute Gasteiger partial charge is 0.168 e. The minimum absolute atomic E-state index is 0.0495. The molecule has 0 aliphatic carbocycles. The van der Waals surface area contributed by atoms with E-state index in [0.29, 0.717) is 7.85 Å². The van der Waals surface area contributed by atoms with E-state index in [4.69, 9.17) is 14.2 Å². The molecule has 0 radical (unpaired) electrons. The van der Waals surface area contributed by atoms with Gasteiger partial charge in [0.2, 0.25) is 0 Å². The predicted molar refractivity (Wildman–Crippen MR) is 114 cm³/mol. The van der Waals surface area contributed by atoms with Crippen LogP contribution in [0.5, 0.6) is 0 Å². The number of hydrogen-bond donors (Lipinski definition) is 0. The summed E-state index contributed by atoms with van der Waals surface area (Å²) in [5, 5.41) is 0. The predicted octanol–water partition coefficient (Wildman–Crippen LogP) is 4.67. The second kappa shape index (κ2) is 12.5. The van der Waals surface area contributed by atoms with Crippen molar-refractivity contribution in [2.75, 3.05) is 21.3 Å². The zero-order valence-electron chi connectivity index (χ0n) is 14.6. The Labute approximate surface area is 164 Å². The van der Waals surface area contributed by atoms with Gasteiger partial charge in [0, 0.05) is 25.3 Å². The van der Waals surface area contributed by atoms with E-state index in [1.54, 1.807) is 21.3 Å². The van der Waals surface area contributed by atoms with Crippen LogP contribution in [0.1, 0.15) is 25.7 Å². The maximum Gasteiger partial charge on any atom is 0.168 e. The molecule has 0 rings (SSSR count). The summed E-state index contributed by atoms with van der Waals surface area (Å²) in [7, 11) is 3.82. The lowest BCUT2D eigenvalue weighted by Gasteiger charge is -2.20. The van der Waals surface area contributed by atoms with E-state index in [-0.39, 0.29) is 12.4 Å². The molecule has 0 aromatic rings. The molecule has 3 atom stereocenters. The van der Waals surface area contributed by atoms with Crippen molar-refractivity contribution in [3.05, 3.63) is 0 Å². The Morgan fingerprint density at radius 2 is 1.36 bits per heavy atom. The molecule has 0 saturated carbocycles. The topological polar surface area (TPSA) is 27.7 Å². The Bertz CT molecular complexity index is 346. The minimum Gasteiger partial charge on any atom is -0.368 e. The number of halogens is 2. The van der Waals surface area contributed by atoms with E-state index in [1.807, 2.05) is 0 Å². The van der Waals surface area contributed by atoms with Crippen molar-refractivity contribution in [2.45, 2.75) is 65.6 Å². The summed E-state index contributed by atoms with van der Waals surface area (Å²) in [6, 6.07) is 0. The van der Waals surface area contributed by atoms with E-state index in [1.165, 1.54) is 12.8 Å². The molecule has 130 valence electrons. The molecule has 0 aliphatic heterocycles. The van der Waals surface area contributed by atoms with E-state index < -0.39 is 8.07 Å². The molecule has 1 unspecified atom stereocenters. The summed E-state index contributed by atoms with van der Waals surface area (Å²) in [5.41, 5.74) is 3.42. The quantitative estimate of drug-likeness (QED) is 0.0986. The van der Waals surface area contributed by atoms with Crippen molar-refractivity contribution in [1.82, 2.24) is 0 Å². The molecular weight excluding hydrogens is 522 g/mol. The highest BCUT2D eigenvalue weighted by Gasteiger charge is 2.19. The third kappa shape index (κ3) is 10.8. The lowest BCUT2D eigenvalue weighted by atomic mass is 10.1. The van der Waals surface area contributed by atoms with Gasteiger partial charge in [0.1, 0.15) is 14.2 Å². The third-order valence-corrected chi connectivity index (χ3v) is 6.52. The molecule has 0 N–H and O–H groups in total. The second-order valence-electron chi connectivity index (χ2n) is 6.33. The van der Waals surface area contributed by atoms with Crippen LogP contribution in [-0.4, -0.2) is 49.6 Å². The van der Waals surface area contributed by atoms with Crippen molar-refractivity contribution in [3.8, 4) is 11.5 Å². The molecule has 0 spiro atoms. The van der Waals surface area contributed by atoms with Gasteiger partial charge in [0.25, 0.3) is 0 Å². The average Bonchev–Trinajstić information content (AvgIpc) is 2.44. The van der Waals surface area contributed by atoms with Crippen LogP contribution in [-0.2, 0) is 14.2 Å². The SMILES string of the molecule is COC(OC)C(I)CCCC[C@@H](I)[C@H](C#C[Si](C)(C)C)OC. The molecular formula is C16H30I2O3Si. The number of ether oxygens (including phenoxy) is 3. The molecule has 6 heteroatoms. The van der Waals surface area contributed by atoms with Crippen LogP contribution in [0.25, 0.3) is 0 Å². The van der Waals surface area contributed by atoms with E-state index in [0.717, 1.165) is 12.8 Å². The Morgan fingerprint density at radius 3 is 1.77 bits per heavy atom. The lowest BCUT2D eigenvalue weighted by Crippen LogP contribution is -2.25. The molecule has 0 amide bonds. The Kier molecular flexibility index (Phi) is 13.1. The zero-order valence-corrected chi connectivity index (χ0v) is 19.9. The molecule has 0 aromatic carbocycles. The first kappa shape index (κ1) is 23.1. The van der Waals surface area contributed by atoms with Gasteiger partial charge >= 0.3 is 0 Å². The van der Waals surface area contributed by atoms with Crippen LogP contribution >= 0.6 is 45.2 Å². The molecule has 0 saturated heterocycles. The van der Waals surface area contributed by atoms with E-state index >= 15 is 0 Å². The summed E-state index contributed by atoms with van der Waals surface area (Å²) >= 11 is 4.89. The molecule has 3 nitrogen and oxygen atoms in total. The highest BCUT2D eigenvalue weighted by molar-refractivity contribution is 14.1. The van der Waals surface area contributed by atoms with Gasteiger partial charge in [-0.05, 0) is 12.8 Å². The van der Waals surface area contributed by atoms with Gasteiger partial charge in [-0.2, -0.15) is 0 Å². The highest BCUT2D eigenvalue weighted by Crippen LogP contribution is 2.21. The van der Waals surface area contributed by atoms with Crippen molar-refractivity contribution >= 4 is 53.3 Å². The number of alkyl halides is 2. The monoisotopic (exact) mass is 552 g/mol. The van der Waals surface area contributed by atoms with Gasteiger partial charge in [-0.3, -0.25) is 0 Å². The largest absolute Gasteiger partial charge is 0.368 e. The van der Waals surface area contributed by atoms with E-state index in [2.05, 4.69) is 76.3 Å². The van der Waals surface area contributed by atoms with Crippen LogP contribution in [0.3, 0.4) is 0 Å². The van der Waals surface area contributed by atoms with Gasteiger partial charge in [0.15, 0.2) is 6.29 Å². The Morgan fingerprint density at radius 1 is 0.864 bits per heavy atom. The molecule has 0 heterocycles. The van der Waals surface area contributed by atoms with Crippen molar-refractivity contribution in [2.24, 2.45) is 0 Å². The summed E-state index contributed by atoms with van der Waals surface area (Å²) in [5.74, 6) is 3.34. The molecule has 0 aliphatic rings. The molecule has 0 aromatic heterocycles. The fraction of sp³-hybridized carbons (Fsp3) is 0.875. The van der Waals surface area contributed by atoms with Crippen LogP contribution in [0.4, 0.5) is 0 Å². The van der Waals surface area contributed by atoms with Crippen molar-refractivity contribution in [1.29, 1.82) is 0 Å². The van der Waals surface area contributed by atoms with Gasteiger partial charge in [-0.15, -0.1) is 5.54 Å². The minimum atomic E-state index is -1.33. The summed E-state index contributed by atoms with van der Waals surface area (Å²) in [4.78, 5) is 0. The van der Waals surface area contributed by atoms with Crippen molar-refractivity contribution in [3.63, 3.8) is 0 Å². The molecule has 0 fully saturated rings. The average molecular weight is 552 g/mol. The number of hydrogen-bond acceptors (Lipinski definition) is 3. The number of unbranched alkanes of at least 4 members (excludes halogenated alkanes) is 1. The van der Waals surface area contributed by atoms with Crippen molar-refractivity contribution < 1.29 is 14.2 Å². The Hall–Kier alpha value is 1.12. The number of rotatable bonds is 10. The maximum absolute atomic E-state index is 5.56. The van der Waals surface area contributed by atoms with Crippen LogP contribution in [0.2, 0.25) is 19.6 Å². The number of methoxy groups -OCH3 is 3. The molecule has 0 bridgehead atoms. The first-order chi connectivity index (χ1) is 10.2. The van der Waals surface area contributed by atoms with Crippen LogP contribution in [0, 0.1) is 11.5 Å². The highest BCUT2D eigenvalue weighted by atomic mass is 127. The van der Waals surface area contributed by atoms with Gasteiger partial charge in [-0.1, -0.05) is 83.6 Å². The second-order valence-corrected chi connectivity index (χ2v) is 14.3. The fourth-order valence-corrected chi connectivity index (χ4v) is 4.46. The van der Waals surface area contributed by atoms with Gasteiger partial charge < -0.3 is 14.2 Å². The normalized spacial score (nSPS) is 16.0. The summed E-state index contributed by atoms with van der Waals surface area (Å²) in [6.45, 7) is 6.78. The zero-order chi connectivity index (χ0) is 17.2. The first-order valence-corrected chi connectivity index (χ1v) is 13.6. The maximum atomic E-state index is 5.56. The van der Waals surface area contributed by atoms with Crippen LogP contribution < -0.4 is 0 Å². The first-order valence-electron chi connectivity index (χ1n) is 7.64.